The lowest BCUT2D eigenvalue weighted by molar-refractivity contribution is 0.532. The average molecular weight is 117 g/mol. The zero-order valence-electron chi connectivity index (χ0n) is 3.56. The topological polar surface area (TPSA) is 9.23 Å². The lowest BCUT2D eigenvalue weighted by Crippen LogP contribution is -1.66. The van der Waals surface area contributed by atoms with E-state index in [-0.39, 0.29) is 0 Å². The lowest BCUT2D eigenvalue weighted by Gasteiger charge is -1.84. The van der Waals surface area contributed by atoms with E-state index in [1.54, 1.807) is 6.26 Å². The molecule has 1 unspecified atom stereocenters. The van der Waals surface area contributed by atoms with Crippen molar-refractivity contribution in [2.24, 2.45) is 0 Å². The summed E-state index contributed by atoms with van der Waals surface area (Å²) >= 11 is 0. The molecule has 0 N–H and O–H groups in total. The van der Waals surface area contributed by atoms with Gasteiger partial charge in [0.15, 0.2) is 0 Å². The van der Waals surface area contributed by atoms with Gasteiger partial charge < -0.3 is 4.43 Å². The van der Waals surface area contributed by atoms with Gasteiger partial charge in [0.1, 0.15) is 0 Å². The number of allylic oxidation sites excluding steroid dienone is 1. The molecule has 0 aromatic carbocycles. The van der Waals surface area contributed by atoms with E-state index in [0.717, 1.165) is 5.31 Å². The third-order valence-corrected chi connectivity index (χ3v) is 0.499. The Kier molecular flexibility index (Phi) is 3.48. The molecule has 3 heteroatoms. The molecule has 3 radical (unpaired) electrons. The van der Waals surface area contributed by atoms with Gasteiger partial charge in [-0.25, -0.2) is 0 Å². The summed E-state index contributed by atoms with van der Waals surface area (Å²) < 4.78 is 4.43. The van der Waals surface area contributed by atoms with Crippen LogP contribution in [0.25, 0.3) is 0 Å². The maximum Gasteiger partial charge on any atom is 0.340 e. The van der Waals surface area contributed by atoms with Crippen molar-refractivity contribution in [1.29, 1.82) is 0 Å². The minimum Gasteiger partial charge on any atom is -0.546 e. The van der Waals surface area contributed by atoms with Crippen LogP contribution >= 0.6 is 9.24 Å². The summed E-state index contributed by atoms with van der Waals surface area (Å²) in [5, 5.41) is 1.06. The highest BCUT2D eigenvalue weighted by molar-refractivity contribution is 7.22. The van der Waals surface area contributed by atoms with Crippen molar-refractivity contribution < 1.29 is 4.43 Å². The summed E-state index contributed by atoms with van der Waals surface area (Å²) in [6.45, 7) is 1.92. The first-order valence-corrected chi connectivity index (χ1v) is 2.50. The molecule has 0 saturated heterocycles. The van der Waals surface area contributed by atoms with Crippen molar-refractivity contribution in [2.75, 3.05) is 0 Å². The number of hydrogen-bond donors (Lipinski definition) is 0. The van der Waals surface area contributed by atoms with E-state index in [1.165, 1.54) is 0 Å². The fourth-order valence-electron chi connectivity index (χ4n) is 0.0929. The molecule has 0 aromatic heterocycles. The smallest absolute Gasteiger partial charge is 0.340 e. The Morgan fingerprint density at radius 1 is 2.00 bits per heavy atom. The second-order valence-electron chi connectivity index (χ2n) is 0.980. The van der Waals surface area contributed by atoms with E-state index in [2.05, 4.69) is 24.2 Å². The van der Waals surface area contributed by atoms with Crippen LogP contribution < -0.4 is 0 Å². The predicted octanol–water partition coefficient (Wildman–Crippen LogP) is 0.823. The fraction of sp³-hybridized carbons (Fsp3) is 0.333. The third kappa shape index (κ3) is 4.19. The molecule has 6 heavy (non-hydrogen) atoms. The van der Waals surface area contributed by atoms with E-state index in [1.807, 2.05) is 6.92 Å². The molecule has 1 nitrogen and oxygen atoms in total. The average Bonchev–Trinajstić information content (AvgIpc) is 1.35. The summed E-state index contributed by atoms with van der Waals surface area (Å²) in [6, 6.07) is 0. The van der Waals surface area contributed by atoms with Gasteiger partial charge in [0.25, 0.3) is 0 Å². The van der Waals surface area contributed by atoms with E-state index in [9.17, 15) is 0 Å². The Morgan fingerprint density at radius 2 is 2.50 bits per heavy atom. The molecule has 33 valence electrons. The van der Waals surface area contributed by atoms with Gasteiger partial charge in [-0.3, -0.25) is 0 Å². The van der Waals surface area contributed by atoms with Crippen LogP contribution in [0, 0.1) is 0 Å². The second kappa shape index (κ2) is 3.38. The number of rotatable bonds is 1. The highest BCUT2D eigenvalue weighted by Crippen LogP contribution is 1.99. The van der Waals surface area contributed by atoms with Crippen LogP contribution in [-0.2, 0) is 4.43 Å². The van der Waals surface area contributed by atoms with Crippen LogP contribution in [0.1, 0.15) is 6.92 Å². The van der Waals surface area contributed by atoms with Gasteiger partial charge in [0.2, 0.25) is 0 Å². The standard InChI is InChI=1S/C3H6OPSi/c1-3(5)2-4-6/h2H,5H2,1H3. The maximum atomic E-state index is 4.43. The minimum absolute atomic E-state index is 1.06. The van der Waals surface area contributed by atoms with Crippen molar-refractivity contribution in [2.45, 2.75) is 6.92 Å². The molecule has 0 spiro atoms. The normalized spacial score (nSPS) is 11.5. The Labute approximate surface area is 43.5 Å². The maximum absolute atomic E-state index is 4.43. The Morgan fingerprint density at radius 3 is 2.50 bits per heavy atom. The summed E-state index contributed by atoms with van der Waals surface area (Å²) in [7, 11) is 5.29. The second-order valence-corrected chi connectivity index (χ2v) is 2.13. The molecule has 0 fully saturated rings. The van der Waals surface area contributed by atoms with E-state index in [0.29, 0.717) is 0 Å². The van der Waals surface area contributed by atoms with Gasteiger partial charge in [0.05, 0.1) is 6.26 Å². The molecule has 0 aliphatic rings. The number of hydrogen-bond acceptors (Lipinski definition) is 1. The minimum atomic E-state index is 1.06. The van der Waals surface area contributed by atoms with Gasteiger partial charge in [-0.2, -0.15) is 0 Å². The summed E-state index contributed by atoms with van der Waals surface area (Å²) in [5.41, 5.74) is 0. The third-order valence-electron chi connectivity index (χ3n) is 0.245. The van der Waals surface area contributed by atoms with E-state index in [4.69, 9.17) is 0 Å². The van der Waals surface area contributed by atoms with Gasteiger partial charge in [0, 0.05) is 0 Å². The van der Waals surface area contributed by atoms with Crippen molar-refractivity contribution in [3.8, 4) is 0 Å². The molecule has 0 bridgehead atoms. The van der Waals surface area contributed by atoms with Crippen molar-refractivity contribution >= 4 is 19.7 Å². The molecule has 0 rings (SSSR count). The summed E-state index contributed by atoms with van der Waals surface area (Å²) in [6.07, 6.45) is 1.58. The van der Waals surface area contributed by atoms with Crippen molar-refractivity contribution in [3.63, 3.8) is 0 Å². The van der Waals surface area contributed by atoms with Gasteiger partial charge in [-0.15, -0.1) is 9.24 Å². The first-order chi connectivity index (χ1) is 2.77. The molecule has 1 atom stereocenters. The highest BCUT2D eigenvalue weighted by Gasteiger charge is 1.67. The van der Waals surface area contributed by atoms with Crippen LogP contribution in [0.3, 0.4) is 0 Å². The highest BCUT2D eigenvalue weighted by atomic mass is 31.0. The zero-order chi connectivity index (χ0) is 4.99. The predicted molar refractivity (Wildman–Crippen MR) is 30.3 cm³/mol. The first kappa shape index (κ1) is 6.19. The molecule has 0 aliphatic carbocycles. The van der Waals surface area contributed by atoms with Gasteiger partial charge in [-0.05, 0) is 12.2 Å². The van der Waals surface area contributed by atoms with Crippen molar-refractivity contribution in [3.05, 3.63) is 11.6 Å². The molecule has 0 aromatic rings. The van der Waals surface area contributed by atoms with E-state index >= 15 is 0 Å². The fourth-order valence-corrected chi connectivity index (χ4v) is 0.483. The van der Waals surface area contributed by atoms with Crippen LogP contribution in [0.4, 0.5) is 0 Å². The Hall–Kier alpha value is 0.187. The molecule has 0 aliphatic heterocycles. The quantitative estimate of drug-likeness (QED) is 0.281. The molecule has 0 saturated carbocycles. The molecular formula is C3H6OPSi. The van der Waals surface area contributed by atoms with Crippen LogP contribution in [0.2, 0.25) is 0 Å². The molecule has 0 heterocycles. The van der Waals surface area contributed by atoms with E-state index < -0.39 is 0 Å². The van der Waals surface area contributed by atoms with Gasteiger partial charge in [-0.1, -0.05) is 0 Å². The van der Waals surface area contributed by atoms with Crippen LogP contribution in [0.15, 0.2) is 11.6 Å². The molecular weight excluding hydrogens is 111 g/mol. The zero-order valence-corrected chi connectivity index (χ0v) is 5.72. The summed E-state index contributed by atoms with van der Waals surface area (Å²) in [5.74, 6) is 0. The first-order valence-electron chi connectivity index (χ1n) is 1.52. The van der Waals surface area contributed by atoms with Crippen molar-refractivity contribution in [1.82, 2.24) is 0 Å². The van der Waals surface area contributed by atoms with Crippen LogP contribution in [-0.4, -0.2) is 10.5 Å². The Balaban J connectivity index is 3.14. The largest absolute Gasteiger partial charge is 0.546 e. The SMILES string of the molecule is CC(P)=CO[Si]. The molecule has 0 amide bonds. The summed E-state index contributed by atoms with van der Waals surface area (Å²) in [4.78, 5) is 0. The Bertz CT molecular complexity index is 57.8. The van der Waals surface area contributed by atoms with Crippen LogP contribution in [0.5, 0.6) is 0 Å². The monoisotopic (exact) mass is 117 g/mol. The van der Waals surface area contributed by atoms with Gasteiger partial charge >= 0.3 is 10.5 Å². The lowest BCUT2D eigenvalue weighted by atomic mass is 10.7.